The summed E-state index contributed by atoms with van der Waals surface area (Å²) in [6.45, 7) is 7.52. The molecule has 0 aliphatic heterocycles. The zero-order chi connectivity index (χ0) is 13.4. The second kappa shape index (κ2) is 8.76. The molecule has 0 radical (unpaired) electrons. The van der Waals surface area contributed by atoms with Gasteiger partial charge in [-0.05, 0) is 31.0 Å². The first-order valence-corrected chi connectivity index (χ1v) is 7.08. The predicted octanol–water partition coefficient (Wildman–Crippen LogP) is 4.15. The van der Waals surface area contributed by atoms with E-state index in [1.807, 2.05) is 18.2 Å². The van der Waals surface area contributed by atoms with Gasteiger partial charge in [0.15, 0.2) is 0 Å². The van der Waals surface area contributed by atoms with Crippen molar-refractivity contribution in [1.29, 1.82) is 0 Å². The van der Waals surface area contributed by atoms with E-state index in [4.69, 9.17) is 27.9 Å². The van der Waals surface area contributed by atoms with Gasteiger partial charge in [0.05, 0.1) is 0 Å². The Hall–Kier alpha value is -0.280. The fourth-order valence-electron chi connectivity index (χ4n) is 1.53. The molecule has 0 unspecified atom stereocenters. The summed E-state index contributed by atoms with van der Waals surface area (Å²) in [5.74, 6) is 0.597. The minimum atomic E-state index is 0.597. The van der Waals surface area contributed by atoms with E-state index in [0.717, 1.165) is 31.7 Å². The first-order chi connectivity index (χ1) is 8.61. The van der Waals surface area contributed by atoms with E-state index in [1.165, 1.54) is 0 Å². The molecular formula is C14H21Cl2NO. The summed E-state index contributed by atoms with van der Waals surface area (Å²) in [7, 11) is 0. The van der Waals surface area contributed by atoms with Gasteiger partial charge in [-0.25, -0.2) is 0 Å². The molecule has 0 atom stereocenters. The minimum Gasteiger partial charge on any atom is -0.381 e. The van der Waals surface area contributed by atoms with Gasteiger partial charge in [0.2, 0.25) is 0 Å². The van der Waals surface area contributed by atoms with Crippen molar-refractivity contribution in [2.24, 2.45) is 5.92 Å². The molecule has 1 aromatic carbocycles. The van der Waals surface area contributed by atoms with Gasteiger partial charge in [0, 0.05) is 35.4 Å². The summed E-state index contributed by atoms with van der Waals surface area (Å²) >= 11 is 12.2. The van der Waals surface area contributed by atoms with E-state index < -0.39 is 0 Å². The van der Waals surface area contributed by atoms with Crippen molar-refractivity contribution in [3.05, 3.63) is 33.8 Å². The molecule has 0 saturated heterocycles. The Kier molecular flexibility index (Phi) is 7.68. The Morgan fingerprint density at radius 1 is 1.22 bits per heavy atom. The molecule has 1 aromatic rings. The molecule has 1 N–H and O–H groups in total. The van der Waals surface area contributed by atoms with Crippen LogP contribution in [-0.4, -0.2) is 19.8 Å². The van der Waals surface area contributed by atoms with Crippen LogP contribution in [0.5, 0.6) is 0 Å². The lowest BCUT2D eigenvalue weighted by Crippen LogP contribution is -2.17. The smallest absolute Gasteiger partial charge is 0.0489 e. The van der Waals surface area contributed by atoms with Crippen LogP contribution in [0.1, 0.15) is 25.8 Å². The number of hydrogen-bond donors (Lipinski definition) is 1. The molecule has 0 bridgehead atoms. The van der Waals surface area contributed by atoms with Gasteiger partial charge in [0.25, 0.3) is 0 Å². The van der Waals surface area contributed by atoms with Gasteiger partial charge >= 0.3 is 0 Å². The van der Waals surface area contributed by atoms with Crippen LogP contribution in [0, 0.1) is 5.92 Å². The van der Waals surface area contributed by atoms with E-state index in [-0.39, 0.29) is 0 Å². The molecule has 2 nitrogen and oxygen atoms in total. The molecule has 0 fully saturated rings. The first-order valence-electron chi connectivity index (χ1n) is 6.32. The normalized spacial score (nSPS) is 11.2. The molecule has 0 aliphatic carbocycles. The molecular weight excluding hydrogens is 269 g/mol. The summed E-state index contributed by atoms with van der Waals surface area (Å²) in [4.78, 5) is 0. The minimum absolute atomic E-state index is 0.597. The first kappa shape index (κ1) is 15.8. The highest BCUT2D eigenvalue weighted by molar-refractivity contribution is 6.35. The lowest BCUT2D eigenvalue weighted by Gasteiger charge is -2.09. The number of halogens is 2. The molecule has 0 spiro atoms. The van der Waals surface area contributed by atoms with Crippen molar-refractivity contribution in [3.8, 4) is 0 Å². The van der Waals surface area contributed by atoms with Gasteiger partial charge in [0.1, 0.15) is 0 Å². The van der Waals surface area contributed by atoms with E-state index in [1.54, 1.807) is 0 Å². The van der Waals surface area contributed by atoms with Crippen molar-refractivity contribution >= 4 is 23.2 Å². The van der Waals surface area contributed by atoms with Gasteiger partial charge in [-0.1, -0.05) is 43.1 Å². The van der Waals surface area contributed by atoms with Crippen LogP contribution in [0.2, 0.25) is 10.0 Å². The summed E-state index contributed by atoms with van der Waals surface area (Å²) in [5.41, 5.74) is 0.962. The molecule has 4 heteroatoms. The van der Waals surface area contributed by atoms with Crippen molar-refractivity contribution in [2.75, 3.05) is 19.8 Å². The van der Waals surface area contributed by atoms with E-state index in [2.05, 4.69) is 19.2 Å². The van der Waals surface area contributed by atoms with Crippen LogP contribution in [0.15, 0.2) is 18.2 Å². The summed E-state index contributed by atoms with van der Waals surface area (Å²) in [6.07, 6.45) is 0.995. The van der Waals surface area contributed by atoms with Gasteiger partial charge < -0.3 is 10.1 Å². The molecule has 102 valence electrons. The van der Waals surface area contributed by atoms with Gasteiger partial charge in [-0.3, -0.25) is 0 Å². The number of hydrogen-bond acceptors (Lipinski definition) is 2. The van der Waals surface area contributed by atoms with Crippen LogP contribution >= 0.6 is 23.2 Å². The van der Waals surface area contributed by atoms with Crippen molar-refractivity contribution in [1.82, 2.24) is 5.32 Å². The third-order valence-corrected chi connectivity index (χ3v) is 3.17. The highest BCUT2D eigenvalue weighted by atomic mass is 35.5. The van der Waals surface area contributed by atoms with Crippen LogP contribution in [-0.2, 0) is 11.3 Å². The summed E-state index contributed by atoms with van der Waals surface area (Å²) in [5, 5.41) is 4.75. The Labute approximate surface area is 120 Å². The monoisotopic (exact) mass is 289 g/mol. The maximum absolute atomic E-state index is 6.08. The summed E-state index contributed by atoms with van der Waals surface area (Å²) in [6, 6.07) is 5.57. The quantitative estimate of drug-likeness (QED) is 0.726. The molecule has 0 amide bonds. The van der Waals surface area contributed by atoms with Gasteiger partial charge in [-0.2, -0.15) is 0 Å². The van der Waals surface area contributed by atoms with Gasteiger partial charge in [-0.15, -0.1) is 0 Å². The standard InChI is InChI=1S/C14H21Cl2NO/c1-11(2)10-18-8-4-7-17-9-12-13(15)5-3-6-14(12)16/h3,5-6,11,17H,4,7-10H2,1-2H3. The van der Waals surface area contributed by atoms with Crippen LogP contribution < -0.4 is 5.32 Å². The van der Waals surface area contributed by atoms with E-state index in [0.29, 0.717) is 22.5 Å². The zero-order valence-electron chi connectivity index (χ0n) is 11.0. The van der Waals surface area contributed by atoms with Crippen LogP contribution in [0.4, 0.5) is 0 Å². The Morgan fingerprint density at radius 3 is 2.50 bits per heavy atom. The second-order valence-electron chi connectivity index (χ2n) is 4.70. The van der Waals surface area contributed by atoms with E-state index in [9.17, 15) is 0 Å². The predicted molar refractivity (Wildman–Crippen MR) is 78.4 cm³/mol. The Morgan fingerprint density at radius 2 is 1.89 bits per heavy atom. The Bertz CT molecular complexity index is 335. The number of rotatable bonds is 8. The molecule has 0 aliphatic rings. The SMILES string of the molecule is CC(C)COCCCNCc1c(Cl)cccc1Cl. The molecule has 0 aromatic heterocycles. The maximum atomic E-state index is 6.08. The average Bonchev–Trinajstić information content (AvgIpc) is 2.30. The van der Waals surface area contributed by atoms with Crippen LogP contribution in [0.3, 0.4) is 0 Å². The fraction of sp³-hybridized carbons (Fsp3) is 0.571. The number of nitrogens with one attached hydrogen (secondary N) is 1. The molecule has 18 heavy (non-hydrogen) atoms. The van der Waals surface area contributed by atoms with Crippen molar-refractivity contribution in [3.63, 3.8) is 0 Å². The maximum Gasteiger partial charge on any atom is 0.0489 e. The molecule has 0 saturated carbocycles. The lowest BCUT2D eigenvalue weighted by molar-refractivity contribution is 0.108. The molecule has 1 rings (SSSR count). The average molecular weight is 290 g/mol. The number of benzene rings is 1. The third-order valence-electron chi connectivity index (χ3n) is 2.46. The fourth-order valence-corrected chi connectivity index (χ4v) is 2.06. The van der Waals surface area contributed by atoms with Crippen molar-refractivity contribution in [2.45, 2.75) is 26.8 Å². The lowest BCUT2D eigenvalue weighted by atomic mass is 10.2. The van der Waals surface area contributed by atoms with Crippen molar-refractivity contribution < 1.29 is 4.74 Å². The second-order valence-corrected chi connectivity index (χ2v) is 5.51. The third kappa shape index (κ3) is 6.05. The van der Waals surface area contributed by atoms with E-state index >= 15 is 0 Å². The highest BCUT2D eigenvalue weighted by Crippen LogP contribution is 2.23. The topological polar surface area (TPSA) is 21.3 Å². The zero-order valence-corrected chi connectivity index (χ0v) is 12.5. The largest absolute Gasteiger partial charge is 0.381 e. The van der Waals surface area contributed by atoms with Crippen LogP contribution in [0.25, 0.3) is 0 Å². The molecule has 0 heterocycles. The highest BCUT2D eigenvalue weighted by Gasteiger charge is 2.04. The Balaban J connectivity index is 2.14. The summed E-state index contributed by atoms with van der Waals surface area (Å²) < 4.78 is 5.50. The number of ether oxygens (including phenoxy) is 1.